The number of hydrogen-bond donors (Lipinski definition) is 1. The summed E-state index contributed by atoms with van der Waals surface area (Å²) in [5.74, 6) is 0. The van der Waals surface area contributed by atoms with Crippen LogP contribution in [0.15, 0.2) is 0 Å². The van der Waals surface area contributed by atoms with Crippen LogP contribution in [0.5, 0.6) is 0 Å². The average molecular weight is 389 g/mol. The third-order valence-electron chi connectivity index (χ3n) is 4.45. The zero-order valence-corrected chi connectivity index (χ0v) is 19.9. The molecule has 0 rings (SSSR count). The van der Waals surface area contributed by atoms with Crippen LogP contribution in [0.1, 0.15) is 103 Å². The Hall–Kier alpha value is 1.51. The van der Waals surface area contributed by atoms with E-state index in [4.69, 9.17) is 5.11 Å². The van der Waals surface area contributed by atoms with E-state index >= 15 is 0 Å². The normalized spacial score (nSPS) is 12.8. The van der Waals surface area contributed by atoms with Gasteiger partial charge in [0.15, 0.2) is 0 Å². The van der Waals surface area contributed by atoms with Gasteiger partial charge in [0.1, 0.15) is 0 Å². The Morgan fingerprint density at radius 2 is 1.12 bits per heavy atom. The molecule has 0 aliphatic carbocycles. The summed E-state index contributed by atoms with van der Waals surface area (Å²) in [5, 5.41) is 8.01. The van der Waals surface area contributed by atoms with Gasteiger partial charge in [0, 0.05) is 11.9 Å². The molecule has 0 saturated carbocycles. The van der Waals surface area contributed by atoms with Gasteiger partial charge in [-0.2, -0.15) is 0 Å². The molecule has 0 spiro atoms. The Morgan fingerprint density at radius 1 is 0.750 bits per heavy atom. The Labute approximate surface area is 192 Å². The Morgan fingerprint density at radius 3 is 1.46 bits per heavy atom. The van der Waals surface area contributed by atoms with Gasteiger partial charge in [-0.1, -0.05) is 84.0 Å². The quantitative estimate of drug-likeness (QED) is 0.234. The minimum atomic E-state index is -4.11. The van der Waals surface area contributed by atoms with Crippen LogP contribution in [0.4, 0.5) is 0 Å². The molecule has 0 aromatic rings. The second-order valence-electron chi connectivity index (χ2n) is 6.66. The summed E-state index contributed by atoms with van der Waals surface area (Å²) < 4.78 is 33.3. The third-order valence-corrected chi connectivity index (χ3v) is 5.74. The summed E-state index contributed by atoms with van der Waals surface area (Å²) >= 11 is 0. The molecule has 4 nitrogen and oxygen atoms in total. The molecule has 0 aromatic heterocycles. The number of unbranched alkanes of at least 4 members (excludes halogenated alkanes) is 11. The summed E-state index contributed by atoms with van der Waals surface area (Å²) in [6.07, 6.45) is 15.8. The molecule has 0 fully saturated rings. The van der Waals surface area contributed by atoms with Crippen molar-refractivity contribution in [1.82, 2.24) is 0 Å². The van der Waals surface area contributed by atoms with E-state index in [1.54, 1.807) is 0 Å². The SMILES string of the molecule is CCCC(CCCCCCCCCCCCCCO)S(=O)(=O)[O-].[K+]. The summed E-state index contributed by atoms with van der Waals surface area (Å²) in [7, 11) is -4.11. The van der Waals surface area contributed by atoms with Crippen LogP contribution in [0.25, 0.3) is 0 Å². The van der Waals surface area contributed by atoms with E-state index in [0.717, 1.165) is 38.5 Å². The van der Waals surface area contributed by atoms with E-state index < -0.39 is 15.4 Å². The van der Waals surface area contributed by atoms with Crippen molar-refractivity contribution < 1.29 is 69.5 Å². The van der Waals surface area contributed by atoms with Crippen molar-refractivity contribution in [2.75, 3.05) is 6.61 Å². The molecule has 1 N–H and O–H groups in total. The fourth-order valence-electron chi connectivity index (χ4n) is 3.01. The second kappa shape index (κ2) is 19.3. The number of aliphatic hydroxyl groups excluding tert-OH is 1. The monoisotopic (exact) mass is 388 g/mol. The zero-order chi connectivity index (χ0) is 17.4. The van der Waals surface area contributed by atoms with Crippen molar-refractivity contribution >= 4 is 10.1 Å². The van der Waals surface area contributed by atoms with E-state index in [0.29, 0.717) is 19.4 Å². The summed E-state index contributed by atoms with van der Waals surface area (Å²) in [6.45, 7) is 2.24. The largest absolute Gasteiger partial charge is 1.00 e. The Bertz CT molecular complexity index is 347. The number of hydrogen-bond acceptors (Lipinski definition) is 4. The molecule has 0 aliphatic heterocycles. The predicted molar refractivity (Wildman–Crippen MR) is 95.5 cm³/mol. The van der Waals surface area contributed by atoms with Gasteiger partial charge in [-0.15, -0.1) is 0 Å². The molecular formula is C18H37KO4S. The first-order chi connectivity index (χ1) is 11.0. The molecule has 0 amide bonds. The van der Waals surface area contributed by atoms with Crippen LogP contribution in [0.2, 0.25) is 0 Å². The van der Waals surface area contributed by atoms with Gasteiger partial charge in [-0.25, -0.2) is 8.42 Å². The van der Waals surface area contributed by atoms with Crippen LogP contribution < -0.4 is 51.4 Å². The molecule has 140 valence electrons. The molecule has 6 heteroatoms. The van der Waals surface area contributed by atoms with Crippen molar-refractivity contribution in [1.29, 1.82) is 0 Å². The van der Waals surface area contributed by atoms with Gasteiger partial charge in [0.2, 0.25) is 0 Å². The minimum absolute atomic E-state index is 0. The van der Waals surface area contributed by atoms with E-state index in [9.17, 15) is 13.0 Å². The molecular weight excluding hydrogens is 351 g/mol. The van der Waals surface area contributed by atoms with Gasteiger partial charge in [-0.3, -0.25) is 0 Å². The van der Waals surface area contributed by atoms with E-state index in [1.165, 1.54) is 44.9 Å². The smallest absolute Gasteiger partial charge is 0.748 e. The molecule has 24 heavy (non-hydrogen) atoms. The second-order valence-corrected chi connectivity index (χ2v) is 8.31. The van der Waals surface area contributed by atoms with E-state index in [2.05, 4.69) is 0 Å². The number of rotatable bonds is 17. The molecule has 0 bridgehead atoms. The molecule has 0 saturated heterocycles. The molecule has 0 aromatic carbocycles. The maximum atomic E-state index is 11.1. The topological polar surface area (TPSA) is 77.4 Å². The van der Waals surface area contributed by atoms with Gasteiger partial charge in [0.05, 0.1) is 10.1 Å². The van der Waals surface area contributed by atoms with Crippen LogP contribution in [-0.2, 0) is 10.1 Å². The van der Waals surface area contributed by atoms with Gasteiger partial charge in [0.25, 0.3) is 0 Å². The first kappa shape index (κ1) is 27.7. The fourth-order valence-corrected chi connectivity index (χ4v) is 3.99. The summed E-state index contributed by atoms with van der Waals surface area (Å²) in [4.78, 5) is 0. The van der Waals surface area contributed by atoms with Crippen molar-refractivity contribution in [3.8, 4) is 0 Å². The molecule has 0 heterocycles. The Kier molecular flexibility index (Phi) is 22.3. The predicted octanol–water partition coefficient (Wildman–Crippen LogP) is 1.77. The summed E-state index contributed by atoms with van der Waals surface area (Å²) in [5.41, 5.74) is 0. The van der Waals surface area contributed by atoms with Crippen LogP contribution in [0.3, 0.4) is 0 Å². The van der Waals surface area contributed by atoms with E-state index in [-0.39, 0.29) is 51.4 Å². The zero-order valence-electron chi connectivity index (χ0n) is 16.0. The molecule has 0 radical (unpaired) electrons. The average Bonchev–Trinajstić information content (AvgIpc) is 2.49. The number of aliphatic hydroxyl groups is 1. The van der Waals surface area contributed by atoms with Crippen molar-refractivity contribution in [3.05, 3.63) is 0 Å². The van der Waals surface area contributed by atoms with Crippen LogP contribution in [0, 0.1) is 0 Å². The molecule has 0 aliphatic rings. The van der Waals surface area contributed by atoms with Crippen molar-refractivity contribution in [2.24, 2.45) is 0 Å². The van der Waals surface area contributed by atoms with Gasteiger partial charge in [-0.05, 0) is 19.3 Å². The minimum Gasteiger partial charge on any atom is -0.748 e. The van der Waals surface area contributed by atoms with E-state index in [1.807, 2.05) is 6.92 Å². The third kappa shape index (κ3) is 18.3. The van der Waals surface area contributed by atoms with Crippen LogP contribution >= 0.6 is 0 Å². The van der Waals surface area contributed by atoms with Crippen LogP contribution in [-0.4, -0.2) is 29.9 Å². The van der Waals surface area contributed by atoms with Gasteiger partial charge >= 0.3 is 51.4 Å². The van der Waals surface area contributed by atoms with Crippen molar-refractivity contribution in [3.63, 3.8) is 0 Å². The standard InChI is InChI=1S/C18H38O4S.K/c1-2-15-18(23(20,21)22)16-13-11-9-7-5-3-4-6-8-10-12-14-17-19;/h18-19H,2-17H2,1H3,(H,20,21,22);/q;+1/p-1. The maximum Gasteiger partial charge on any atom is 1.00 e. The molecule has 1 atom stereocenters. The Balaban J connectivity index is 0. The van der Waals surface area contributed by atoms with Gasteiger partial charge < -0.3 is 9.66 Å². The first-order valence-electron chi connectivity index (χ1n) is 9.58. The first-order valence-corrected chi connectivity index (χ1v) is 11.0. The summed E-state index contributed by atoms with van der Waals surface area (Å²) in [6, 6.07) is 0. The fraction of sp³-hybridized carbons (Fsp3) is 1.00. The molecule has 1 unspecified atom stereocenters. The van der Waals surface area contributed by atoms with Crippen molar-refractivity contribution in [2.45, 2.75) is 108 Å². The maximum absolute atomic E-state index is 11.1.